The molecule has 0 aliphatic heterocycles. The Morgan fingerprint density at radius 2 is 2.00 bits per heavy atom. The highest BCUT2D eigenvalue weighted by molar-refractivity contribution is 6.37. The zero-order chi connectivity index (χ0) is 12.1. The second-order valence-corrected chi connectivity index (χ2v) is 4.38. The number of benzene rings is 1. The molecule has 0 aliphatic rings. The lowest BCUT2D eigenvalue weighted by Gasteiger charge is -2.13. The first-order valence-electron chi connectivity index (χ1n) is 4.79. The van der Waals surface area contributed by atoms with Gasteiger partial charge in [-0.3, -0.25) is 4.79 Å². The van der Waals surface area contributed by atoms with E-state index in [1.54, 1.807) is 25.1 Å². The number of para-hydroxylation sites is 1. The minimum Gasteiger partial charge on any atom is -0.490 e. The molecule has 1 aromatic rings. The highest BCUT2D eigenvalue weighted by Crippen LogP contribution is 2.32. The van der Waals surface area contributed by atoms with Crippen molar-refractivity contribution in [3.63, 3.8) is 0 Å². The highest BCUT2D eigenvalue weighted by atomic mass is 35.5. The predicted molar refractivity (Wildman–Crippen MR) is 63.4 cm³/mol. The first-order chi connectivity index (χ1) is 7.50. The Hall–Kier alpha value is -0.930. The fraction of sp³-hybridized carbons (Fsp3) is 0.364. The summed E-state index contributed by atoms with van der Waals surface area (Å²) in [5, 5.41) is 9.43. The minimum atomic E-state index is -0.846. The molecule has 0 fully saturated rings. The summed E-state index contributed by atoms with van der Waals surface area (Å²) in [5.41, 5.74) is 0. The van der Waals surface area contributed by atoms with E-state index in [1.807, 2.05) is 0 Å². The lowest BCUT2D eigenvalue weighted by molar-refractivity contribution is -0.138. The van der Waals surface area contributed by atoms with Crippen molar-refractivity contribution in [3.05, 3.63) is 28.2 Å². The van der Waals surface area contributed by atoms with E-state index in [2.05, 4.69) is 0 Å². The van der Waals surface area contributed by atoms with Crippen molar-refractivity contribution < 1.29 is 14.6 Å². The molecule has 0 heterocycles. The van der Waals surface area contributed by atoms with Gasteiger partial charge in [0.05, 0.1) is 23.1 Å². The first kappa shape index (κ1) is 13.1. The van der Waals surface area contributed by atoms with Crippen molar-refractivity contribution >= 4 is 29.2 Å². The molecule has 0 spiro atoms. The molecule has 0 amide bonds. The molecule has 0 aliphatic carbocycles. The summed E-state index contributed by atoms with van der Waals surface area (Å²) in [4.78, 5) is 10.4. The number of hydrogen-bond acceptors (Lipinski definition) is 2. The number of carboxylic acids is 1. The summed E-state index contributed by atoms with van der Waals surface area (Å²) in [6.07, 6.45) is 0.0576. The molecule has 0 radical (unpaired) electrons. The smallest absolute Gasteiger partial charge is 0.303 e. The predicted octanol–water partition coefficient (Wildman–Crippen LogP) is 3.48. The van der Waals surface area contributed by atoms with Gasteiger partial charge in [-0.1, -0.05) is 36.2 Å². The zero-order valence-electron chi connectivity index (χ0n) is 8.74. The van der Waals surface area contributed by atoms with Crippen LogP contribution >= 0.6 is 23.2 Å². The van der Waals surface area contributed by atoms with Crippen LogP contribution in [-0.4, -0.2) is 17.7 Å². The van der Waals surface area contributed by atoms with Gasteiger partial charge in [-0.2, -0.15) is 0 Å². The van der Waals surface area contributed by atoms with Crippen LogP contribution < -0.4 is 4.74 Å². The van der Waals surface area contributed by atoms with Gasteiger partial charge in [0.15, 0.2) is 5.75 Å². The van der Waals surface area contributed by atoms with E-state index in [1.165, 1.54) is 0 Å². The quantitative estimate of drug-likeness (QED) is 0.884. The lowest BCUT2D eigenvalue weighted by Crippen LogP contribution is -2.13. The van der Waals surface area contributed by atoms with Gasteiger partial charge in [-0.05, 0) is 12.1 Å². The molecule has 1 rings (SSSR count). The van der Waals surface area contributed by atoms with E-state index in [4.69, 9.17) is 33.0 Å². The summed E-state index contributed by atoms with van der Waals surface area (Å²) in [7, 11) is 0. The monoisotopic (exact) mass is 262 g/mol. The first-order valence-corrected chi connectivity index (χ1v) is 5.55. The Morgan fingerprint density at radius 1 is 1.44 bits per heavy atom. The minimum absolute atomic E-state index is 0.0576. The molecule has 88 valence electrons. The van der Waals surface area contributed by atoms with E-state index in [-0.39, 0.29) is 18.9 Å². The summed E-state index contributed by atoms with van der Waals surface area (Å²) in [6.45, 7) is 2.06. The van der Waals surface area contributed by atoms with E-state index in [0.717, 1.165) is 0 Å². The van der Waals surface area contributed by atoms with Gasteiger partial charge in [0.25, 0.3) is 0 Å². The Labute approximate surface area is 104 Å². The average molecular weight is 263 g/mol. The summed E-state index contributed by atoms with van der Waals surface area (Å²) in [5.74, 6) is -0.533. The summed E-state index contributed by atoms with van der Waals surface area (Å²) in [6, 6.07) is 5.06. The normalized spacial score (nSPS) is 12.2. The highest BCUT2D eigenvalue weighted by Gasteiger charge is 2.11. The van der Waals surface area contributed by atoms with Gasteiger partial charge in [-0.25, -0.2) is 0 Å². The summed E-state index contributed by atoms with van der Waals surface area (Å²) >= 11 is 11.8. The largest absolute Gasteiger partial charge is 0.490 e. The van der Waals surface area contributed by atoms with Crippen molar-refractivity contribution in [3.8, 4) is 5.75 Å². The van der Waals surface area contributed by atoms with E-state index >= 15 is 0 Å². The molecule has 1 unspecified atom stereocenters. The molecule has 1 atom stereocenters. The van der Waals surface area contributed by atoms with Gasteiger partial charge in [-0.15, -0.1) is 0 Å². The Balaban J connectivity index is 2.57. The molecule has 5 heteroatoms. The number of aliphatic carboxylic acids is 1. The van der Waals surface area contributed by atoms with Crippen LogP contribution in [0.4, 0.5) is 0 Å². The number of halogens is 2. The molecule has 1 N–H and O–H groups in total. The van der Waals surface area contributed by atoms with E-state index in [9.17, 15) is 4.79 Å². The third-order valence-electron chi connectivity index (χ3n) is 1.95. The van der Waals surface area contributed by atoms with E-state index in [0.29, 0.717) is 15.8 Å². The number of ether oxygens (including phenoxy) is 1. The Morgan fingerprint density at radius 3 is 2.50 bits per heavy atom. The number of hydrogen-bond donors (Lipinski definition) is 1. The number of carbonyl (C=O) groups is 1. The summed E-state index contributed by atoms with van der Waals surface area (Å²) < 4.78 is 5.40. The van der Waals surface area contributed by atoms with Crippen LogP contribution in [0.3, 0.4) is 0 Å². The van der Waals surface area contributed by atoms with Crippen molar-refractivity contribution in [1.29, 1.82) is 0 Å². The Bertz CT molecular complexity index is 359. The molecule has 0 aromatic heterocycles. The van der Waals surface area contributed by atoms with Crippen molar-refractivity contribution in [2.75, 3.05) is 6.61 Å². The third kappa shape index (κ3) is 3.91. The maximum atomic E-state index is 10.4. The molecular weight excluding hydrogens is 251 g/mol. The Kier molecular flexibility index (Phi) is 4.90. The lowest BCUT2D eigenvalue weighted by atomic mass is 10.1. The maximum absolute atomic E-state index is 10.4. The van der Waals surface area contributed by atoms with Crippen LogP contribution in [0, 0.1) is 5.92 Å². The molecule has 0 saturated heterocycles. The second kappa shape index (κ2) is 5.97. The van der Waals surface area contributed by atoms with Gasteiger partial charge in [0.1, 0.15) is 0 Å². The SMILES string of the molecule is CC(COc1c(Cl)cccc1Cl)CC(=O)O. The maximum Gasteiger partial charge on any atom is 0.303 e. The molecule has 0 saturated carbocycles. The van der Waals surface area contributed by atoms with Crippen LogP contribution in [0.25, 0.3) is 0 Å². The standard InChI is InChI=1S/C11H12Cl2O3/c1-7(5-10(14)15)6-16-11-8(12)3-2-4-9(11)13/h2-4,7H,5-6H2,1H3,(H,14,15). The van der Waals surface area contributed by atoms with Gasteiger partial charge in [0, 0.05) is 5.92 Å². The van der Waals surface area contributed by atoms with Crippen LogP contribution in [0.2, 0.25) is 10.0 Å². The van der Waals surface area contributed by atoms with Gasteiger partial charge < -0.3 is 9.84 Å². The molecule has 16 heavy (non-hydrogen) atoms. The second-order valence-electron chi connectivity index (χ2n) is 3.56. The fourth-order valence-corrected chi connectivity index (χ4v) is 1.71. The topological polar surface area (TPSA) is 46.5 Å². The fourth-order valence-electron chi connectivity index (χ4n) is 1.20. The molecular formula is C11H12Cl2O3. The zero-order valence-corrected chi connectivity index (χ0v) is 10.3. The third-order valence-corrected chi connectivity index (χ3v) is 2.55. The molecule has 1 aromatic carbocycles. The van der Waals surface area contributed by atoms with Crippen LogP contribution in [0.5, 0.6) is 5.75 Å². The van der Waals surface area contributed by atoms with Crippen molar-refractivity contribution in [2.24, 2.45) is 5.92 Å². The number of carboxylic acid groups (broad SMARTS) is 1. The molecule has 0 bridgehead atoms. The van der Waals surface area contributed by atoms with Crippen molar-refractivity contribution in [2.45, 2.75) is 13.3 Å². The average Bonchev–Trinajstić information content (AvgIpc) is 2.15. The van der Waals surface area contributed by atoms with E-state index < -0.39 is 5.97 Å². The van der Waals surface area contributed by atoms with Crippen molar-refractivity contribution in [1.82, 2.24) is 0 Å². The van der Waals surface area contributed by atoms with Crippen LogP contribution in [0.15, 0.2) is 18.2 Å². The van der Waals surface area contributed by atoms with Crippen LogP contribution in [0.1, 0.15) is 13.3 Å². The number of rotatable bonds is 5. The molecule has 3 nitrogen and oxygen atoms in total. The van der Waals surface area contributed by atoms with Gasteiger partial charge in [0.2, 0.25) is 0 Å². The van der Waals surface area contributed by atoms with Crippen LogP contribution in [-0.2, 0) is 4.79 Å². The van der Waals surface area contributed by atoms with Gasteiger partial charge >= 0.3 is 5.97 Å².